The van der Waals surface area contributed by atoms with Crippen molar-refractivity contribution in [3.05, 3.63) is 29.8 Å². The quantitative estimate of drug-likeness (QED) is 0.833. The molecule has 4 nitrogen and oxygen atoms in total. The summed E-state index contributed by atoms with van der Waals surface area (Å²) < 4.78 is 11.5. The summed E-state index contributed by atoms with van der Waals surface area (Å²) in [6.45, 7) is 7.52. The van der Waals surface area contributed by atoms with Crippen molar-refractivity contribution in [3.8, 4) is 5.75 Å². The van der Waals surface area contributed by atoms with Crippen LogP contribution < -0.4 is 10.1 Å². The fourth-order valence-corrected chi connectivity index (χ4v) is 2.95. The molecule has 1 aromatic carbocycles. The maximum absolute atomic E-state index is 5.87. The topological polar surface area (TPSA) is 33.7 Å². The van der Waals surface area contributed by atoms with Gasteiger partial charge in [0.15, 0.2) is 0 Å². The molecule has 1 atom stereocenters. The highest BCUT2D eigenvalue weighted by Gasteiger charge is 2.32. The van der Waals surface area contributed by atoms with E-state index in [0.717, 1.165) is 44.6 Å². The van der Waals surface area contributed by atoms with Crippen molar-refractivity contribution >= 4 is 0 Å². The summed E-state index contributed by atoms with van der Waals surface area (Å²) in [6.07, 6.45) is 3.07. The van der Waals surface area contributed by atoms with Gasteiger partial charge in [0.05, 0.1) is 19.3 Å². The molecule has 1 aromatic rings. The number of nitrogens with zero attached hydrogens (tertiary/aromatic N) is 1. The van der Waals surface area contributed by atoms with Crippen LogP contribution in [0.25, 0.3) is 0 Å². The lowest BCUT2D eigenvalue weighted by atomic mass is 10.2. The van der Waals surface area contributed by atoms with Gasteiger partial charge in [-0.05, 0) is 25.8 Å². The van der Waals surface area contributed by atoms with Gasteiger partial charge >= 0.3 is 0 Å². The molecule has 0 spiro atoms. The molecule has 0 amide bonds. The molecule has 3 rings (SSSR count). The van der Waals surface area contributed by atoms with Crippen LogP contribution in [0.1, 0.15) is 25.3 Å². The van der Waals surface area contributed by atoms with E-state index in [1.165, 1.54) is 18.4 Å². The number of hydrogen-bond donors (Lipinski definition) is 1. The Labute approximate surface area is 127 Å². The second-order valence-electron chi connectivity index (χ2n) is 5.89. The zero-order valence-electron chi connectivity index (χ0n) is 12.9. The summed E-state index contributed by atoms with van der Waals surface area (Å²) in [5, 5.41) is 3.52. The van der Waals surface area contributed by atoms with Gasteiger partial charge < -0.3 is 14.8 Å². The molecule has 116 valence electrons. The maximum atomic E-state index is 5.87. The summed E-state index contributed by atoms with van der Waals surface area (Å²) in [5.41, 5.74) is 1.22. The van der Waals surface area contributed by atoms with E-state index in [1.54, 1.807) is 0 Å². The zero-order valence-corrected chi connectivity index (χ0v) is 12.9. The molecule has 0 aromatic heterocycles. The minimum atomic E-state index is 0.318. The van der Waals surface area contributed by atoms with Crippen LogP contribution in [0.15, 0.2) is 24.3 Å². The first-order valence-corrected chi connectivity index (χ1v) is 8.14. The van der Waals surface area contributed by atoms with Gasteiger partial charge in [-0.25, -0.2) is 0 Å². The molecule has 2 aliphatic rings. The monoisotopic (exact) mass is 290 g/mol. The van der Waals surface area contributed by atoms with Crippen molar-refractivity contribution < 1.29 is 9.47 Å². The van der Waals surface area contributed by atoms with Crippen LogP contribution in [0.3, 0.4) is 0 Å². The standard InChI is InChI=1S/C17H26N2O2/c1-2-20-17-6-4-3-5-14(17)11-18-12-16-13-19(9-10-21-16)15-7-8-15/h3-6,15-16,18H,2,7-13H2,1H3/t16-/m0/s1. The predicted octanol–water partition coefficient (Wildman–Crippen LogP) is 2.04. The second kappa shape index (κ2) is 7.25. The van der Waals surface area contributed by atoms with Gasteiger partial charge in [0.1, 0.15) is 5.75 Å². The van der Waals surface area contributed by atoms with E-state index in [-0.39, 0.29) is 0 Å². The number of benzene rings is 1. The third kappa shape index (κ3) is 4.19. The number of para-hydroxylation sites is 1. The molecular weight excluding hydrogens is 264 g/mol. The van der Waals surface area contributed by atoms with E-state index in [1.807, 2.05) is 19.1 Å². The molecule has 1 heterocycles. The fraction of sp³-hybridized carbons (Fsp3) is 0.647. The summed E-state index contributed by atoms with van der Waals surface area (Å²) >= 11 is 0. The third-order valence-electron chi connectivity index (χ3n) is 4.19. The molecule has 0 unspecified atom stereocenters. The third-order valence-corrected chi connectivity index (χ3v) is 4.19. The van der Waals surface area contributed by atoms with Gasteiger partial charge in [0, 0.05) is 37.8 Å². The van der Waals surface area contributed by atoms with E-state index < -0.39 is 0 Å². The van der Waals surface area contributed by atoms with Gasteiger partial charge in [0.25, 0.3) is 0 Å². The molecule has 0 bridgehead atoms. The first-order chi connectivity index (χ1) is 10.4. The largest absolute Gasteiger partial charge is 0.494 e. The van der Waals surface area contributed by atoms with Gasteiger partial charge in [-0.3, -0.25) is 4.90 Å². The van der Waals surface area contributed by atoms with Crippen LogP contribution in [-0.2, 0) is 11.3 Å². The molecule has 1 aliphatic carbocycles. The molecular formula is C17H26N2O2. The van der Waals surface area contributed by atoms with E-state index in [4.69, 9.17) is 9.47 Å². The molecule has 1 N–H and O–H groups in total. The van der Waals surface area contributed by atoms with Crippen LogP contribution in [0, 0.1) is 0 Å². The number of nitrogens with one attached hydrogen (secondary N) is 1. The van der Waals surface area contributed by atoms with E-state index in [9.17, 15) is 0 Å². The van der Waals surface area contributed by atoms with Crippen molar-refractivity contribution in [2.24, 2.45) is 0 Å². The summed E-state index contributed by atoms with van der Waals surface area (Å²) in [5.74, 6) is 0.983. The molecule has 1 saturated carbocycles. The van der Waals surface area contributed by atoms with Gasteiger partial charge in [-0.1, -0.05) is 18.2 Å². The molecule has 1 aliphatic heterocycles. The van der Waals surface area contributed by atoms with E-state index in [0.29, 0.717) is 12.7 Å². The molecule has 4 heteroatoms. The Kier molecular flexibility index (Phi) is 5.12. The van der Waals surface area contributed by atoms with Crippen LogP contribution in [0.4, 0.5) is 0 Å². The highest BCUT2D eigenvalue weighted by molar-refractivity contribution is 5.33. The lowest BCUT2D eigenvalue weighted by molar-refractivity contribution is -0.0301. The lowest BCUT2D eigenvalue weighted by Crippen LogP contribution is -2.47. The van der Waals surface area contributed by atoms with Crippen molar-refractivity contribution in [2.75, 3.05) is 32.8 Å². The molecule has 1 saturated heterocycles. The Balaban J connectivity index is 1.45. The van der Waals surface area contributed by atoms with Gasteiger partial charge in [-0.2, -0.15) is 0 Å². The normalized spacial score (nSPS) is 23.2. The van der Waals surface area contributed by atoms with Crippen molar-refractivity contribution in [2.45, 2.75) is 38.5 Å². The Morgan fingerprint density at radius 3 is 3.00 bits per heavy atom. The molecule has 21 heavy (non-hydrogen) atoms. The first-order valence-electron chi connectivity index (χ1n) is 8.14. The minimum Gasteiger partial charge on any atom is -0.494 e. The summed E-state index contributed by atoms with van der Waals surface area (Å²) in [4.78, 5) is 2.59. The van der Waals surface area contributed by atoms with Crippen molar-refractivity contribution in [1.29, 1.82) is 0 Å². The SMILES string of the molecule is CCOc1ccccc1CNC[C@H]1CN(C2CC2)CCO1. The van der Waals surface area contributed by atoms with Gasteiger partial charge in [0.2, 0.25) is 0 Å². The average Bonchev–Trinajstić information content (AvgIpc) is 3.34. The maximum Gasteiger partial charge on any atom is 0.123 e. The zero-order chi connectivity index (χ0) is 14.5. The van der Waals surface area contributed by atoms with Crippen LogP contribution >= 0.6 is 0 Å². The van der Waals surface area contributed by atoms with Crippen LogP contribution in [-0.4, -0.2) is 49.9 Å². The van der Waals surface area contributed by atoms with E-state index >= 15 is 0 Å². The second-order valence-corrected chi connectivity index (χ2v) is 5.89. The molecule has 0 radical (unpaired) electrons. The van der Waals surface area contributed by atoms with Crippen molar-refractivity contribution in [1.82, 2.24) is 10.2 Å². The Morgan fingerprint density at radius 1 is 1.33 bits per heavy atom. The van der Waals surface area contributed by atoms with Crippen LogP contribution in [0.5, 0.6) is 5.75 Å². The minimum absolute atomic E-state index is 0.318. The van der Waals surface area contributed by atoms with E-state index in [2.05, 4.69) is 22.3 Å². The Morgan fingerprint density at radius 2 is 2.19 bits per heavy atom. The Hall–Kier alpha value is -1.10. The highest BCUT2D eigenvalue weighted by atomic mass is 16.5. The molecule has 2 fully saturated rings. The summed E-state index contributed by atoms with van der Waals surface area (Å²) in [6, 6.07) is 9.08. The number of morpholine rings is 1. The summed E-state index contributed by atoms with van der Waals surface area (Å²) in [7, 11) is 0. The first kappa shape index (κ1) is 14.8. The average molecular weight is 290 g/mol. The van der Waals surface area contributed by atoms with Crippen LogP contribution in [0.2, 0.25) is 0 Å². The number of rotatable bonds is 7. The smallest absolute Gasteiger partial charge is 0.123 e. The number of hydrogen-bond acceptors (Lipinski definition) is 4. The highest BCUT2D eigenvalue weighted by Crippen LogP contribution is 2.28. The number of ether oxygens (including phenoxy) is 2. The predicted molar refractivity (Wildman–Crippen MR) is 83.7 cm³/mol. The van der Waals surface area contributed by atoms with Gasteiger partial charge in [-0.15, -0.1) is 0 Å². The van der Waals surface area contributed by atoms with Crippen molar-refractivity contribution in [3.63, 3.8) is 0 Å². The Bertz CT molecular complexity index is 448. The fourth-order valence-electron chi connectivity index (χ4n) is 2.95. The lowest BCUT2D eigenvalue weighted by Gasteiger charge is -2.33.